The third-order valence-corrected chi connectivity index (χ3v) is 6.23. The molecule has 0 spiro atoms. The second kappa shape index (κ2) is 7.48. The standard InChI is InChI=1S/C21H17NO2S2/c1-2-24-15-10-11-18-20(12-15)26-21(22-18)25-13-19(23)17-9-5-7-14-6-3-4-8-16(14)17/h3-12H,2,13H2,1H3. The van der Waals surface area contributed by atoms with Crippen molar-refractivity contribution in [1.29, 1.82) is 0 Å². The Morgan fingerprint density at radius 3 is 2.85 bits per heavy atom. The molecule has 130 valence electrons. The summed E-state index contributed by atoms with van der Waals surface area (Å²) >= 11 is 3.09. The van der Waals surface area contributed by atoms with Gasteiger partial charge in [-0.2, -0.15) is 0 Å². The number of hydrogen-bond acceptors (Lipinski definition) is 5. The molecule has 0 saturated carbocycles. The molecule has 0 amide bonds. The van der Waals surface area contributed by atoms with Gasteiger partial charge in [0.15, 0.2) is 10.1 Å². The highest BCUT2D eigenvalue weighted by Crippen LogP contribution is 2.32. The molecule has 1 heterocycles. The number of thioether (sulfide) groups is 1. The number of benzene rings is 3. The Balaban J connectivity index is 1.53. The summed E-state index contributed by atoms with van der Waals surface area (Å²) in [6.07, 6.45) is 0. The van der Waals surface area contributed by atoms with Gasteiger partial charge in [-0.05, 0) is 35.9 Å². The van der Waals surface area contributed by atoms with E-state index in [2.05, 4.69) is 4.98 Å². The summed E-state index contributed by atoms with van der Waals surface area (Å²) in [6, 6.07) is 19.8. The van der Waals surface area contributed by atoms with Crippen molar-refractivity contribution < 1.29 is 9.53 Å². The van der Waals surface area contributed by atoms with Crippen molar-refractivity contribution in [3.8, 4) is 5.75 Å². The molecule has 0 aliphatic rings. The molecule has 0 radical (unpaired) electrons. The van der Waals surface area contributed by atoms with E-state index in [4.69, 9.17) is 4.74 Å². The molecule has 0 fully saturated rings. The highest BCUT2D eigenvalue weighted by Gasteiger charge is 2.12. The summed E-state index contributed by atoms with van der Waals surface area (Å²) < 4.78 is 7.52. The summed E-state index contributed by atoms with van der Waals surface area (Å²) in [5.74, 6) is 1.36. The maximum absolute atomic E-state index is 12.7. The van der Waals surface area contributed by atoms with Gasteiger partial charge in [0.25, 0.3) is 0 Å². The molecule has 4 rings (SSSR count). The zero-order valence-corrected chi connectivity index (χ0v) is 15.9. The van der Waals surface area contributed by atoms with Crippen molar-refractivity contribution >= 4 is 49.9 Å². The van der Waals surface area contributed by atoms with Gasteiger partial charge < -0.3 is 4.74 Å². The number of rotatable bonds is 6. The summed E-state index contributed by atoms with van der Waals surface area (Å²) in [4.78, 5) is 17.3. The van der Waals surface area contributed by atoms with Crippen molar-refractivity contribution in [3.63, 3.8) is 0 Å². The van der Waals surface area contributed by atoms with Crippen LogP contribution in [0.15, 0.2) is 65.0 Å². The van der Waals surface area contributed by atoms with Crippen LogP contribution in [0.1, 0.15) is 17.3 Å². The molecule has 0 unspecified atom stereocenters. The molecule has 3 nitrogen and oxygen atoms in total. The highest BCUT2D eigenvalue weighted by molar-refractivity contribution is 8.01. The lowest BCUT2D eigenvalue weighted by atomic mass is 10.0. The van der Waals surface area contributed by atoms with E-state index in [1.807, 2.05) is 67.6 Å². The first kappa shape index (κ1) is 17.1. The zero-order chi connectivity index (χ0) is 17.9. The lowest BCUT2D eigenvalue weighted by Crippen LogP contribution is -2.03. The van der Waals surface area contributed by atoms with Crippen molar-refractivity contribution in [3.05, 3.63) is 66.2 Å². The normalized spacial score (nSPS) is 11.1. The Bertz CT molecular complexity index is 1080. The third-order valence-electron chi connectivity index (χ3n) is 4.07. The molecular formula is C21H17NO2S2. The van der Waals surface area contributed by atoms with E-state index >= 15 is 0 Å². The smallest absolute Gasteiger partial charge is 0.173 e. The molecule has 0 saturated heterocycles. The van der Waals surface area contributed by atoms with Crippen LogP contribution in [0.25, 0.3) is 21.0 Å². The number of nitrogens with zero attached hydrogens (tertiary/aromatic N) is 1. The van der Waals surface area contributed by atoms with E-state index in [9.17, 15) is 4.79 Å². The van der Waals surface area contributed by atoms with E-state index in [1.165, 1.54) is 11.8 Å². The minimum absolute atomic E-state index is 0.126. The maximum Gasteiger partial charge on any atom is 0.173 e. The van der Waals surface area contributed by atoms with Gasteiger partial charge >= 0.3 is 0 Å². The fraction of sp³-hybridized carbons (Fsp3) is 0.143. The average molecular weight is 380 g/mol. The average Bonchev–Trinajstić information content (AvgIpc) is 3.08. The first-order valence-electron chi connectivity index (χ1n) is 8.42. The number of ketones is 1. The summed E-state index contributed by atoms with van der Waals surface area (Å²) in [5, 5.41) is 2.10. The highest BCUT2D eigenvalue weighted by atomic mass is 32.2. The molecule has 1 aromatic heterocycles. The Hall–Kier alpha value is -2.37. The summed E-state index contributed by atoms with van der Waals surface area (Å²) in [5.41, 5.74) is 1.72. The van der Waals surface area contributed by atoms with E-state index in [1.54, 1.807) is 11.3 Å². The number of carbonyl (C=O) groups excluding carboxylic acids is 1. The molecule has 5 heteroatoms. The molecule has 3 aromatic carbocycles. The summed E-state index contributed by atoms with van der Waals surface area (Å²) in [6.45, 7) is 2.61. The first-order valence-corrected chi connectivity index (χ1v) is 10.2. The molecule has 0 atom stereocenters. The lowest BCUT2D eigenvalue weighted by molar-refractivity contribution is 0.102. The Labute approximate surface area is 160 Å². The van der Waals surface area contributed by atoms with E-state index in [-0.39, 0.29) is 5.78 Å². The SMILES string of the molecule is CCOc1ccc2nc(SCC(=O)c3cccc4ccccc34)sc2c1. The number of aromatic nitrogens is 1. The van der Waals surface area contributed by atoms with Crippen LogP contribution in [0.5, 0.6) is 5.75 Å². The molecule has 0 aliphatic carbocycles. The quantitative estimate of drug-likeness (QED) is 0.312. The number of fused-ring (bicyclic) bond motifs is 2. The van der Waals surface area contributed by atoms with E-state index in [0.717, 1.165) is 36.6 Å². The number of carbonyl (C=O) groups is 1. The molecule has 4 aromatic rings. The van der Waals surface area contributed by atoms with Crippen LogP contribution in [0, 0.1) is 0 Å². The Kier molecular flexibility index (Phi) is 4.91. The van der Waals surface area contributed by atoms with Gasteiger partial charge in [-0.1, -0.05) is 54.2 Å². The van der Waals surface area contributed by atoms with Crippen LogP contribution in [0.4, 0.5) is 0 Å². The van der Waals surface area contributed by atoms with Gasteiger partial charge in [0, 0.05) is 5.56 Å². The lowest BCUT2D eigenvalue weighted by Gasteiger charge is -2.04. The summed E-state index contributed by atoms with van der Waals surface area (Å²) in [7, 11) is 0. The van der Waals surface area contributed by atoms with Gasteiger partial charge in [0.2, 0.25) is 0 Å². The van der Waals surface area contributed by atoms with Crippen LogP contribution in [-0.2, 0) is 0 Å². The maximum atomic E-state index is 12.7. The second-order valence-corrected chi connectivity index (χ2v) is 8.03. The van der Waals surface area contributed by atoms with Crippen molar-refractivity contribution in [2.75, 3.05) is 12.4 Å². The van der Waals surface area contributed by atoms with Gasteiger partial charge in [-0.15, -0.1) is 11.3 Å². The predicted octanol–water partition coefficient (Wildman–Crippen LogP) is 5.82. The second-order valence-electron chi connectivity index (χ2n) is 5.78. The van der Waals surface area contributed by atoms with Crippen LogP contribution < -0.4 is 4.74 Å². The van der Waals surface area contributed by atoms with Gasteiger partial charge in [-0.3, -0.25) is 4.79 Å². The van der Waals surface area contributed by atoms with Gasteiger partial charge in [0.1, 0.15) is 5.75 Å². The minimum atomic E-state index is 0.126. The minimum Gasteiger partial charge on any atom is -0.494 e. The largest absolute Gasteiger partial charge is 0.494 e. The fourth-order valence-electron chi connectivity index (χ4n) is 2.88. The van der Waals surface area contributed by atoms with Crippen LogP contribution in [0.2, 0.25) is 0 Å². The van der Waals surface area contributed by atoms with Gasteiger partial charge in [0.05, 0.1) is 22.6 Å². The molecular weight excluding hydrogens is 362 g/mol. The number of ether oxygens (including phenoxy) is 1. The van der Waals surface area contributed by atoms with Gasteiger partial charge in [-0.25, -0.2) is 4.98 Å². The van der Waals surface area contributed by atoms with Crippen molar-refractivity contribution in [1.82, 2.24) is 4.98 Å². The van der Waals surface area contributed by atoms with Crippen molar-refractivity contribution in [2.24, 2.45) is 0 Å². The fourth-order valence-corrected chi connectivity index (χ4v) is 4.86. The predicted molar refractivity (Wildman–Crippen MR) is 110 cm³/mol. The van der Waals surface area contributed by atoms with Crippen LogP contribution in [-0.4, -0.2) is 23.1 Å². The monoisotopic (exact) mass is 379 g/mol. The van der Waals surface area contributed by atoms with E-state index < -0.39 is 0 Å². The Morgan fingerprint density at radius 2 is 1.96 bits per heavy atom. The number of hydrogen-bond donors (Lipinski definition) is 0. The van der Waals surface area contributed by atoms with Crippen LogP contribution in [0.3, 0.4) is 0 Å². The first-order chi connectivity index (χ1) is 12.7. The molecule has 0 N–H and O–H groups in total. The zero-order valence-electron chi connectivity index (χ0n) is 14.3. The van der Waals surface area contributed by atoms with Crippen molar-refractivity contribution in [2.45, 2.75) is 11.3 Å². The Morgan fingerprint density at radius 1 is 1.12 bits per heavy atom. The number of thiazole rings is 1. The number of Topliss-reactive ketones (excluding diaryl/α,β-unsaturated/α-hetero) is 1. The topological polar surface area (TPSA) is 39.2 Å². The van der Waals surface area contributed by atoms with Crippen LogP contribution >= 0.6 is 23.1 Å². The molecule has 0 aliphatic heterocycles. The molecule has 0 bridgehead atoms. The van der Waals surface area contributed by atoms with E-state index in [0.29, 0.717) is 12.4 Å². The molecule has 26 heavy (non-hydrogen) atoms. The third kappa shape index (κ3) is 3.45.